The van der Waals surface area contributed by atoms with E-state index < -0.39 is 0 Å². The molecule has 22 heavy (non-hydrogen) atoms. The highest BCUT2D eigenvalue weighted by Gasteiger charge is 2.60. The van der Waals surface area contributed by atoms with E-state index in [-0.39, 0.29) is 17.2 Å². The van der Waals surface area contributed by atoms with Crippen molar-refractivity contribution in [3.05, 3.63) is 45.9 Å². The van der Waals surface area contributed by atoms with Crippen molar-refractivity contribution < 1.29 is 9.53 Å². The first-order valence-electron chi connectivity index (χ1n) is 7.60. The summed E-state index contributed by atoms with van der Waals surface area (Å²) in [6.45, 7) is 3.26. The number of hydrogen-bond donors (Lipinski definition) is 1. The second-order valence-electron chi connectivity index (χ2n) is 6.09. The third kappa shape index (κ3) is 2.20. The molecule has 1 aliphatic carbocycles. The van der Waals surface area contributed by atoms with Crippen LogP contribution in [0.25, 0.3) is 0 Å². The molecule has 1 saturated carbocycles. The molecule has 0 radical (unpaired) electrons. The van der Waals surface area contributed by atoms with Gasteiger partial charge in [-0.1, -0.05) is 18.2 Å². The van der Waals surface area contributed by atoms with Gasteiger partial charge in [-0.25, -0.2) is 4.98 Å². The van der Waals surface area contributed by atoms with Crippen molar-refractivity contribution in [1.82, 2.24) is 10.3 Å². The highest BCUT2D eigenvalue weighted by Crippen LogP contribution is 2.60. The van der Waals surface area contributed by atoms with Gasteiger partial charge in [-0.15, -0.1) is 11.3 Å². The molecule has 1 aromatic heterocycles. The van der Waals surface area contributed by atoms with Crippen molar-refractivity contribution in [1.29, 1.82) is 0 Å². The highest BCUT2D eigenvalue weighted by molar-refractivity contribution is 7.11. The number of thiazole rings is 1. The van der Waals surface area contributed by atoms with Gasteiger partial charge in [0, 0.05) is 28.0 Å². The van der Waals surface area contributed by atoms with Gasteiger partial charge in [0.15, 0.2) is 0 Å². The van der Waals surface area contributed by atoms with E-state index in [0.29, 0.717) is 13.2 Å². The number of fused-ring (bicyclic) bond motifs is 2. The van der Waals surface area contributed by atoms with E-state index in [1.165, 1.54) is 10.4 Å². The lowest BCUT2D eigenvalue weighted by Gasteiger charge is -2.26. The van der Waals surface area contributed by atoms with Crippen LogP contribution < -0.4 is 10.1 Å². The summed E-state index contributed by atoms with van der Waals surface area (Å²) in [6, 6.07) is 8.12. The van der Waals surface area contributed by atoms with Crippen LogP contribution in [0.15, 0.2) is 30.5 Å². The second kappa shape index (κ2) is 5.09. The minimum atomic E-state index is -0.00226. The van der Waals surface area contributed by atoms with E-state index in [1.54, 1.807) is 11.3 Å². The van der Waals surface area contributed by atoms with Crippen LogP contribution in [0.2, 0.25) is 0 Å². The molecule has 4 nitrogen and oxygen atoms in total. The fourth-order valence-electron chi connectivity index (χ4n) is 3.47. The van der Waals surface area contributed by atoms with Crippen molar-refractivity contribution in [3.8, 4) is 5.75 Å². The molecule has 0 unspecified atom stereocenters. The monoisotopic (exact) mass is 314 g/mol. The minimum Gasteiger partial charge on any atom is -0.493 e. The molecule has 0 saturated heterocycles. The first kappa shape index (κ1) is 13.8. The number of rotatable bonds is 3. The van der Waals surface area contributed by atoms with Crippen molar-refractivity contribution in [2.24, 2.45) is 5.92 Å². The summed E-state index contributed by atoms with van der Waals surface area (Å²) in [7, 11) is 0. The Hall–Kier alpha value is -1.88. The molecule has 1 amide bonds. The van der Waals surface area contributed by atoms with Gasteiger partial charge in [-0.2, -0.15) is 0 Å². The fourth-order valence-corrected chi connectivity index (χ4v) is 4.20. The number of nitrogens with one attached hydrogen (secondary N) is 1. The zero-order chi connectivity index (χ0) is 15.2. The Bertz CT molecular complexity index is 727. The summed E-state index contributed by atoms with van der Waals surface area (Å²) in [5.41, 5.74) is 1.20. The predicted octanol–water partition coefficient (Wildman–Crippen LogP) is 2.81. The number of benzene rings is 1. The van der Waals surface area contributed by atoms with Crippen LogP contribution in [-0.4, -0.2) is 17.5 Å². The van der Waals surface area contributed by atoms with Crippen LogP contribution in [0.3, 0.4) is 0 Å². The van der Waals surface area contributed by atoms with Gasteiger partial charge in [-0.3, -0.25) is 4.79 Å². The number of aryl methyl sites for hydroxylation is 1. The maximum Gasteiger partial charge on any atom is 0.224 e. The molecular formula is C17H18N2O2S. The number of hydrogen-bond acceptors (Lipinski definition) is 4. The van der Waals surface area contributed by atoms with E-state index in [4.69, 9.17) is 4.74 Å². The second-order valence-corrected chi connectivity index (χ2v) is 7.41. The molecule has 2 aromatic rings. The highest BCUT2D eigenvalue weighted by atomic mass is 32.1. The first-order chi connectivity index (χ1) is 10.7. The summed E-state index contributed by atoms with van der Waals surface area (Å²) in [6.07, 6.45) is 3.70. The molecule has 1 spiro atoms. The van der Waals surface area contributed by atoms with Gasteiger partial charge in [-0.05, 0) is 25.8 Å². The standard InChI is InChI=1S/C17H18N2O2S/c1-11-9-18-15(22-11)10-19-16(20)13-8-17(13)6-7-21-14-5-3-2-4-12(14)17/h2-5,9,13H,6-8,10H2,1H3,(H,19,20)/t13-,17-/m1/s1. The van der Waals surface area contributed by atoms with Gasteiger partial charge in [0.2, 0.25) is 5.91 Å². The summed E-state index contributed by atoms with van der Waals surface area (Å²) < 4.78 is 5.72. The lowest BCUT2D eigenvalue weighted by molar-refractivity contribution is -0.123. The molecule has 1 aliphatic heterocycles. The molecule has 1 N–H and O–H groups in total. The number of aromatic nitrogens is 1. The average molecular weight is 314 g/mol. The number of carbonyl (C=O) groups is 1. The molecule has 0 bridgehead atoms. The number of para-hydroxylation sites is 1. The summed E-state index contributed by atoms with van der Waals surface area (Å²) in [5, 5.41) is 4.01. The minimum absolute atomic E-state index is 0.00226. The van der Waals surface area contributed by atoms with Gasteiger partial charge in [0.1, 0.15) is 10.8 Å². The quantitative estimate of drug-likeness (QED) is 0.948. The van der Waals surface area contributed by atoms with Crippen LogP contribution in [0, 0.1) is 12.8 Å². The van der Waals surface area contributed by atoms with E-state index >= 15 is 0 Å². The van der Waals surface area contributed by atoms with Crippen LogP contribution in [-0.2, 0) is 16.8 Å². The number of carbonyl (C=O) groups excluding carboxylic acids is 1. The molecular weight excluding hydrogens is 296 g/mol. The molecule has 1 aromatic carbocycles. The summed E-state index contributed by atoms with van der Waals surface area (Å²) in [5.74, 6) is 1.16. The maximum atomic E-state index is 12.5. The Labute approximate surface area is 133 Å². The van der Waals surface area contributed by atoms with Gasteiger partial charge >= 0.3 is 0 Å². The summed E-state index contributed by atoms with van der Waals surface area (Å²) in [4.78, 5) is 18.0. The molecule has 4 rings (SSSR count). The van der Waals surface area contributed by atoms with Crippen LogP contribution in [0.4, 0.5) is 0 Å². The van der Waals surface area contributed by atoms with Crippen molar-refractivity contribution >= 4 is 17.2 Å². The summed E-state index contributed by atoms with van der Waals surface area (Å²) >= 11 is 1.63. The van der Waals surface area contributed by atoms with Gasteiger partial charge in [0.05, 0.1) is 13.2 Å². The Morgan fingerprint density at radius 2 is 2.36 bits per heavy atom. The van der Waals surface area contributed by atoms with Gasteiger partial charge < -0.3 is 10.1 Å². The topological polar surface area (TPSA) is 51.2 Å². The molecule has 2 heterocycles. The van der Waals surface area contributed by atoms with Crippen LogP contribution >= 0.6 is 11.3 Å². The van der Waals surface area contributed by atoms with E-state index in [9.17, 15) is 4.79 Å². The maximum absolute atomic E-state index is 12.5. The fraction of sp³-hybridized carbons (Fsp3) is 0.412. The zero-order valence-electron chi connectivity index (χ0n) is 12.5. The Morgan fingerprint density at radius 1 is 1.50 bits per heavy atom. The first-order valence-corrected chi connectivity index (χ1v) is 8.42. The van der Waals surface area contributed by atoms with Crippen molar-refractivity contribution in [3.63, 3.8) is 0 Å². The Balaban J connectivity index is 1.46. The molecule has 114 valence electrons. The third-order valence-corrected chi connectivity index (χ3v) is 5.62. The van der Waals surface area contributed by atoms with E-state index in [2.05, 4.69) is 16.4 Å². The smallest absolute Gasteiger partial charge is 0.224 e. The number of ether oxygens (including phenoxy) is 1. The predicted molar refractivity (Wildman–Crippen MR) is 85.0 cm³/mol. The average Bonchev–Trinajstić information content (AvgIpc) is 3.09. The van der Waals surface area contributed by atoms with E-state index in [0.717, 1.165) is 23.6 Å². The molecule has 2 atom stereocenters. The Kier molecular flexibility index (Phi) is 3.18. The lowest BCUT2D eigenvalue weighted by Crippen LogP contribution is -2.30. The number of amides is 1. The third-order valence-electron chi connectivity index (χ3n) is 4.70. The normalized spacial score (nSPS) is 25.4. The van der Waals surface area contributed by atoms with Crippen molar-refractivity contribution in [2.45, 2.75) is 31.7 Å². The molecule has 5 heteroatoms. The zero-order valence-corrected chi connectivity index (χ0v) is 13.3. The van der Waals surface area contributed by atoms with Crippen molar-refractivity contribution in [2.75, 3.05) is 6.61 Å². The SMILES string of the molecule is Cc1cnc(CNC(=O)[C@H]2C[C@@]23CCOc2ccccc23)s1. The number of nitrogens with zero attached hydrogens (tertiary/aromatic N) is 1. The molecule has 2 aliphatic rings. The van der Waals surface area contributed by atoms with Gasteiger partial charge in [0.25, 0.3) is 0 Å². The molecule has 1 fully saturated rings. The van der Waals surface area contributed by atoms with Crippen LogP contribution in [0.1, 0.15) is 28.3 Å². The van der Waals surface area contributed by atoms with Crippen LogP contribution in [0.5, 0.6) is 5.75 Å². The van der Waals surface area contributed by atoms with E-state index in [1.807, 2.05) is 31.3 Å². The Morgan fingerprint density at radius 3 is 3.18 bits per heavy atom. The lowest BCUT2D eigenvalue weighted by atomic mass is 9.87. The largest absolute Gasteiger partial charge is 0.493 e.